The first-order valence-corrected chi connectivity index (χ1v) is 6.08. The fourth-order valence-corrected chi connectivity index (χ4v) is 2.56. The molecule has 2 aromatic heterocycles. The maximum Gasteiger partial charge on any atom is 0.195 e. The van der Waals surface area contributed by atoms with Crippen molar-refractivity contribution in [3.8, 4) is 11.3 Å². The zero-order chi connectivity index (χ0) is 12.0. The van der Waals surface area contributed by atoms with Gasteiger partial charge >= 0.3 is 0 Å². The fourth-order valence-electron chi connectivity index (χ4n) is 1.62. The molecule has 2 N–H and O–H groups in total. The number of benzene rings is 1. The Hall–Kier alpha value is -1.59. The molecule has 86 valence electrons. The van der Waals surface area contributed by atoms with Crippen LogP contribution in [0.5, 0.6) is 0 Å². The standard InChI is InChI=1S/C11H7ClFN3S/c12-6-1-2-8(13)7(3-6)9-4-16-10(14)5-17-11(16)15-9/h1-5H,14H2. The molecule has 3 aromatic rings. The van der Waals surface area contributed by atoms with Crippen LogP contribution in [0.2, 0.25) is 5.02 Å². The molecule has 17 heavy (non-hydrogen) atoms. The van der Waals surface area contributed by atoms with E-state index in [4.69, 9.17) is 17.3 Å². The summed E-state index contributed by atoms with van der Waals surface area (Å²) in [5.41, 5.74) is 6.66. The van der Waals surface area contributed by atoms with Gasteiger partial charge in [0.05, 0.1) is 5.69 Å². The number of thiazole rings is 1. The molecule has 0 saturated heterocycles. The van der Waals surface area contributed by atoms with Crippen molar-refractivity contribution < 1.29 is 4.39 Å². The third kappa shape index (κ3) is 1.67. The molecule has 0 radical (unpaired) electrons. The maximum absolute atomic E-state index is 13.7. The Balaban J connectivity index is 2.23. The largest absolute Gasteiger partial charge is 0.384 e. The summed E-state index contributed by atoms with van der Waals surface area (Å²) < 4.78 is 15.4. The Morgan fingerprint density at radius 2 is 2.24 bits per heavy atom. The van der Waals surface area contributed by atoms with E-state index >= 15 is 0 Å². The third-order valence-electron chi connectivity index (χ3n) is 2.44. The normalized spacial score (nSPS) is 11.2. The van der Waals surface area contributed by atoms with Crippen LogP contribution in [0.25, 0.3) is 16.2 Å². The summed E-state index contributed by atoms with van der Waals surface area (Å²) in [5, 5.41) is 2.27. The molecule has 2 heterocycles. The van der Waals surface area contributed by atoms with E-state index in [1.165, 1.54) is 23.5 Å². The zero-order valence-electron chi connectivity index (χ0n) is 8.52. The summed E-state index contributed by atoms with van der Waals surface area (Å²) in [5.74, 6) is 0.241. The van der Waals surface area contributed by atoms with E-state index in [0.29, 0.717) is 22.1 Å². The first kappa shape index (κ1) is 10.6. The number of hydrogen-bond donors (Lipinski definition) is 1. The highest BCUT2D eigenvalue weighted by Gasteiger charge is 2.12. The van der Waals surface area contributed by atoms with Crippen molar-refractivity contribution in [2.75, 3.05) is 5.73 Å². The molecule has 0 aliphatic heterocycles. The molecule has 0 amide bonds. The van der Waals surface area contributed by atoms with E-state index in [0.717, 1.165) is 4.96 Å². The minimum absolute atomic E-state index is 0.348. The Labute approximate surface area is 105 Å². The zero-order valence-corrected chi connectivity index (χ0v) is 10.1. The van der Waals surface area contributed by atoms with E-state index in [2.05, 4.69) is 4.98 Å². The van der Waals surface area contributed by atoms with Gasteiger partial charge in [-0.3, -0.25) is 4.40 Å². The molecule has 0 unspecified atom stereocenters. The lowest BCUT2D eigenvalue weighted by Crippen LogP contribution is -1.88. The van der Waals surface area contributed by atoms with Crippen LogP contribution >= 0.6 is 22.9 Å². The maximum atomic E-state index is 13.7. The van der Waals surface area contributed by atoms with Crippen molar-refractivity contribution in [2.45, 2.75) is 0 Å². The van der Waals surface area contributed by atoms with Gasteiger partial charge in [0, 0.05) is 22.2 Å². The fraction of sp³-hybridized carbons (Fsp3) is 0. The summed E-state index contributed by atoms with van der Waals surface area (Å²) >= 11 is 7.26. The van der Waals surface area contributed by atoms with Crippen LogP contribution in [0.3, 0.4) is 0 Å². The molecule has 0 atom stereocenters. The number of fused-ring (bicyclic) bond motifs is 1. The minimum Gasteiger partial charge on any atom is -0.384 e. The topological polar surface area (TPSA) is 43.3 Å². The second kappa shape index (κ2) is 3.72. The summed E-state index contributed by atoms with van der Waals surface area (Å²) in [7, 11) is 0. The summed E-state index contributed by atoms with van der Waals surface area (Å²) in [6.07, 6.45) is 1.70. The number of anilines is 1. The van der Waals surface area contributed by atoms with Crippen molar-refractivity contribution >= 4 is 33.7 Å². The SMILES string of the molecule is Nc1csc2nc(-c3cc(Cl)ccc3F)cn12. The number of aromatic nitrogens is 2. The molecule has 0 aliphatic carbocycles. The number of rotatable bonds is 1. The second-order valence-electron chi connectivity index (χ2n) is 3.56. The number of nitrogen functional groups attached to an aromatic ring is 1. The van der Waals surface area contributed by atoms with E-state index < -0.39 is 0 Å². The highest BCUT2D eigenvalue weighted by atomic mass is 35.5. The van der Waals surface area contributed by atoms with Crippen LogP contribution in [0.1, 0.15) is 0 Å². The monoisotopic (exact) mass is 267 g/mol. The van der Waals surface area contributed by atoms with Crippen LogP contribution in [0.4, 0.5) is 10.2 Å². The van der Waals surface area contributed by atoms with Crippen LogP contribution in [0, 0.1) is 5.82 Å². The van der Waals surface area contributed by atoms with Gasteiger partial charge in [-0.15, -0.1) is 11.3 Å². The third-order valence-corrected chi connectivity index (χ3v) is 3.53. The van der Waals surface area contributed by atoms with Gasteiger partial charge in [-0.1, -0.05) is 11.6 Å². The van der Waals surface area contributed by atoms with Gasteiger partial charge in [-0.05, 0) is 18.2 Å². The molecule has 0 bridgehead atoms. The summed E-state index contributed by atoms with van der Waals surface area (Å²) in [6.45, 7) is 0. The highest BCUT2D eigenvalue weighted by molar-refractivity contribution is 7.15. The van der Waals surface area contributed by atoms with Crippen molar-refractivity contribution in [3.63, 3.8) is 0 Å². The lowest BCUT2D eigenvalue weighted by molar-refractivity contribution is 0.631. The number of hydrogen-bond acceptors (Lipinski definition) is 3. The molecular weight excluding hydrogens is 261 g/mol. The Kier molecular flexibility index (Phi) is 2.31. The van der Waals surface area contributed by atoms with Crippen LogP contribution in [-0.2, 0) is 0 Å². The molecule has 6 heteroatoms. The minimum atomic E-state index is -0.348. The molecular formula is C11H7ClFN3S. The van der Waals surface area contributed by atoms with Gasteiger partial charge in [0.1, 0.15) is 11.6 Å². The molecule has 3 rings (SSSR count). The Bertz CT molecular complexity index is 704. The van der Waals surface area contributed by atoms with Gasteiger partial charge < -0.3 is 5.73 Å². The molecule has 3 nitrogen and oxygen atoms in total. The molecule has 0 aliphatic rings. The van der Waals surface area contributed by atoms with Gasteiger partial charge in [0.2, 0.25) is 0 Å². The van der Waals surface area contributed by atoms with E-state index in [1.54, 1.807) is 22.0 Å². The number of halogens is 2. The second-order valence-corrected chi connectivity index (χ2v) is 4.84. The molecule has 1 aromatic carbocycles. The van der Waals surface area contributed by atoms with Gasteiger partial charge in [0.25, 0.3) is 0 Å². The van der Waals surface area contributed by atoms with Crippen molar-refractivity contribution in [1.82, 2.24) is 9.38 Å². The number of imidazole rings is 1. The number of nitrogens with two attached hydrogens (primary N) is 1. The Morgan fingerprint density at radius 3 is 3.00 bits per heavy atom. The molecule has 0 saturated carbocycles. The first-order chi connectivity index (χ1) is 8.15. The quantitative estimate of drug-likeness (QED) is 0.734. The Morgan fingerprint density at radius 1 is 1.41 bits per heavy atom. The number of nitrogens with zero attached hydrogens (tertiary/aromatic N) is 2. The molecule has 0 fully saturated rings. The average Bonchev–Trinajstić information content (AvgIpc) is 2.85. The smallest absolute Gasteiger partial charge is 0.195 e. The average molecular weight is 268 g/mol. The van der Waals surface area contributed by atoms with Gasteiger partial charge in [-0.25, -0.2) is 9.37 Å². The summed E-state index contributed by atoms with van der Waals surface area (Å²) in [6, 6.07) is 4.39. The van der Waals surface area contributed by atoms with E-state index in [9.17, 15) is 4.39 Å². The predicted molar refractivity (Wildman–Crippen MR) is 67.9 cm³/mol. The van der Waals surface area contributed by atoms with Crippen LogP contribution < -0.4 is 5.73 Å². The van der Waals surface area contributed by atoms with Crippen LogP contribution in [-0.4, -0.2) is 9.38 Å². The van der Waals surface area contributed by atoms with Gasteiger partial charge in [0.15, 0.2) is 4.96 Å². The van der Waals surface area contributed by atoms with Crippen molar-refractivity contribution in [2.24, 2.45) is 0 Å². The van der Waals surface area contributed by atoms with E-state index in [1.807, 2.05) is 0 Å². The predicted octanol–water partition coefficient (Wildman–Crippen LogP) is 3.44. The first-order valence-electron chi connectivity index (χ1n) is 4.82. The van der Waals surface area contributed by atoms with Gasteiger partial charge in [-0.2, -0.15) is 0 Å². The summed E-state index contributed by atoms with van der Waals surface area (Å²) in [4.78, 5) is 5.04. The highest BCUT2D eigenvalue weighted by Crippen LogP contribution is 2.28. The van der Waals surface area contributed by atoms with Crippen molar-refractivity contribution in [3.05, 3.63) is 40.6 Å². The van der Waals surface area contributed by atoms with Crippen LogP contribution in [0.15, 0.2) is 29.8 Å². The van der Waals surface area contributed by atoms with E-state index in [-0.39, 0.29) is 5.82 Å². The van der Waals surface area contributed by atoms with Crippen molar-refractivity contribution in [1.29, 1.82) is 0 Å². The lowest BCUT2D eigenvalue weighted by atomic mass is 10.1. The molecule has 0 spiro atoms. The lowest BCUT2D eigenvalue weighted by Gasteiger charge is -1.99.